The van der Waals surface area contributed by atoms with E-state index in [1.165, 1.54) is 0 Å². The second kappa shape index (κ2) is 3.61. The van der Waals surface area contributed by atoms with Gasteiger partial charge in [0.1, 0.15) is 0 Å². The van der Waals surface area contributed by atoms with E-state index in [4.69, 9.17) is 5.73 Å². The van der Waals surface area contributed by atoms with Gasteiger partial charge in [-0.3, -0.25) is 0 Å². The van der Waals surface area contributed by atoms with Crippen molar-refractivity contribution in [3.05, 3.63) is 35.9 Å². The second-order valence-electron chi connectivity index (χ2n) is 2.11. The van der Waals surface area contributed by atoms with Gasteiger partial charge in [0.2, 0.25) is 0 Å². The molecule has 0 aromatic heterocycles. The second-order valence-corrected chi connectivity index (χ2v) is 2.11. The first kappa shape index (κ1) is 7.60. The van der Waals surface area contributed by atoms with Gasteiger partial charge in [-0.2, -0.15) is 0 Å². The monoisotopic (exact) mass is 149 g/mol. The van der Waals surface area contributed by atoms with Gasteiger partial charge in [0.25, 0.3) is 0 Å². The fraction of sp³-hybridized carbons (Fsp3) is 0.125. The lowest BCUT2D eigenvalue weighted by Crippen LogP contribution is -2.28. The largest absolute Gasteiger partial charge is 0.352 e. The first-order valence-electron chi connectivity index (χ1n) is 3.28. The zero-order chi connectivity index (χ0) is 8.10. The molecule has 0 spiro atoms. The molecule has 0 saturated heterocycles. The molecule has 0 unspecified atom stereocenters. The van der Waals surface area contributed by atoms with E-state index in [-0.39, 0.29) is 0 Å². The Morgan fingerprint density at radius 1 is 1.64 bits per heavy atom. The van der Waals surface area contributed by atoms with Crippen LogP contribution in [0.3, 0.4) is 0 Å². The molecule has 11 heavy (non-hydrogen) atoms. The van der Waals surface area contributed by atoms with E-state index in [9.17, 15) is 4.79 Å². The van der Waals surface area contributed by atoms with Crippen molar-refractivity contribution in [1.29, 1.82) is 0 Å². The molecular weight excluding hydrogens is 140 g/mol. The van der Waals surface area contributed by atoms with Crippen molar-refractivity contribution in [2.24, 2.45) is 5.73 Å². The van der Waals surface area contributed by atoms with Gasteiger partial charge in [-0.05, 0) is 11.6 Å². The molecule has 0 fully saturated rings. The number of carbonyl (C=O) groups excluding carboxylic acids is 1. The molecule has 57 valence electrons. The molecule has 0 atom stereocenters. The number of carbonyl (C=O) groups is 1. The van der Waals surface area contributed by atoms with E-state index in [0.717, 1.165) is 5.56 Å². The van der Waals surface area contributed by atoms with E-state index in [0.29, 0.717) is 6.54 Å². The van der Waals surface area contributed by atoms with Gasteiger partial charge >= 0.3 is 6.03 Å². The maximum Gasteiger partial charge on any atom is 0.312 e. The molecule has 0 aliphatic heterocycles. The highest BCUT2D eigenvalue weighted by Gasteiger charge is 1.92. The number of hydrogen-bond acceptors (Lipinski definition) is 1. The van der Waals surface area contributed by atoms with Gasteiger partial charge in [-0.25, -0.2) is 4.79 Å². The third-order valence-corrected chi connectivity index (χ3v) is 1.23. The number of nitrogens with one attached hydrogen (secondary N) is 1. The van der Waals surface area contributed by atoms with Crippen LogP contribution in [0.5, 0.6) is 0 Å². The summed E-state index contributed by atoms with van der Waals surface area (Å²) in [6, 6.07) is 9.85. The summed E-state index contributed by atoms with van der Waals surface area (Å²) in [5.74, 6) is 0. The zero-order valence-corrected chi connectivity index (χ0v) is 6.00. The molecule has 3 heteroatoms. The fourth-order valence-electron chi connectivity index (χ4n) is 0.723. The summed E-state index contributed by atoms with van der Waals surface area (Å²) in [5.41, 5.74) is 5.80. The first-order valence-corrected chi connectivity index (χ1v) is 3.28. The topological polar surface area (TPSA) is 55.1 Å². The molecule has 2 amide bonds. The van der Waals surface area contributed by atoms with Crippen molar-refractivity contribution in [3.8, 4) is 0 Å². The Hall–Kier alpha value is -1.51. The molecule has 0 bridgehead atoms. The lowest BCUT2D eigenvalue weighted by atomic mass is 10.2. The normalized spacial score (nSPS) is 9.09. The van der Waals surface area contributed by atoms with Crippen LogP contribution in [-0.4, -0.2) is 6.03 Å². The van der Waals surface area contributed by atoms with E-state index in [2.05, 4.69) is 11.4 Å². The summed E-state index contributed by atoms with van der Waals surface area (Å²) in [6.07, 6.45) is 0. The summed E-state index contributed by atoms with van der Waals surface area (Å²) in [6.45, 7) is 0.441. The molecule has 1 aromatic carbocycles. The van der Waals surface area contributed by atoms with Crippen molar-refractivity contribution in [2.45, 2.75) is 6.54 Å². The lowest BCUT2D eigenvalue weighted by molar-refractivity contribution is 0.248. The molecule has 0 saturated carbocycles. The van der Waals surface area contributed by atoms with Crippen LogP contribution in [0.2, 0.25) is 0 Å². The summed E-state index contributed by atoms with van der Waals surface area (Å²) >= 11 is 0. The van der Waals surface area contributed by atoms with Crippen LogP contribution < -0.4 is 11.1 Å². The predicted octanol–water partition coefficient (Wildman–Crippen LogP) is 0.655. The van der Waals surface area contributed by atoms with Crippen LogP contribution in [0.4, 0.5) is 4.79 Å². The fourth-order valence-corrected chi connectivity index (χ4v) is 0.723. The molecule has 1 aromatic rings. The third-order valence-electron chi connectivity index (χ3n) is 1.23. The van der Waals surface area contributed by atoms with E-state index < -0.39 is 6.03 Å². The van der Waals surface area contributed by atoms with Gasteiger partial charge < -0.3 is 11.1 Å². The average Bonchev–Trinajstić information content (AvgIpc) is 2.03. The van der Waals surface area contributed by atoms with E-state index >= 15 is 0 Å². The predicted molar refractivity (Wildman–Crippen MR) is 41.7 cm³/mol. The maximum atomic E-state index is 10.3. The Labute approximate surface area is 65.2 Å². The molecule has 0 heterocycles. The van der Waals surface area contributed by atoms with Gasteiger partial charge in [-0.1, -0.05) is 24.3 Å². The molecule has 0 aliphatic carbocycles. The van der Waals surface area contributed by atoms with Crippen LogP contribution in [0.1, 0.15) is 5.56 Å². The Morgan fingerprint density at radius 3 is 3.00 bits per heavy atom. The SMILES string of the molecule is NC(=O)NCc1[c]cccc1. The van der Waals surface area contributed by atoms with Crippen LogP contribution in [0, 0.1) is 6.07 Å². The summed E-state index contributed by atoms with van der Waals surface area (Å²) in [7, 11) is 0. The number of nitrogens with two attached hydrogens (primary N) is 1. The highest BCUT2D eigenvalue weighted by molar-refractivity contribution is 5.71. The first-order chi connectivity index (χ1) is 5.29. The number of urea groups is 1. The summed E-state index contributed by atoms with van der Waals surface area (Å²) in [4.78, 5) is 10.3. The van der Waals surface area contributed by atoms with Crippen molar-refractivity contribution in [3.63, 3.8) is 0 Å². The molecule has 0 aliphatic rings. The molecule has 1 radical (unpaired) electrons. The van der Waals surface area contributed by atoms with Crippen molar-refractivity contribution < 1.29 is 4.79 Å². The minimum atomic E-state index is -0.512. The van der Waals surface area contributed by atoms with Crippen LogP contribution in [0.25, 0.3) is 0 Å². The zero-order valence-electron chi connectivity index (χ0n) is 6.00. The van der Waals surface area contributed by atoms with Crippen LogP contribution >= 0.6 is 0 Å². The molecule has 3 N–H and O–H groups in total. The highest BCUT2D eigenvalue weighted by Crippen LogP contribution is 1.95. The Morgan fingerprint density at radius 2 is 2.45 bits per heavy atom. The number of hydrogen-bond donors (Lipinski definition) is 2. The van der Waals surface area contributed by atoms with E-state index in [1.807, 2.05) is 18.2 Å². The van der Waals surface area contributed by atoms with Crippen molar-refractivity contribution in [2.75, 3.05) is 0 Å². The number of primary amides is 1. The molecular formula is C8H9N2O. The van der Waals surface area contributed by atoms with Crippen LogP contribution in [0.15, 0.2) is 24.3 Å². The molecule has 3 nitrogen and oxygen atoms in total. The average molecular weight is 149 g/mol. The Kier molecular flexibility index (Phi) is 2.49. The minimum Gasteiger partial charge on any atom is -0.352 e. The van der Waals surface area contributed by atoms with Crippen LogP contribution in [-0.2, 0) is 6.54 Å². The smallest absolute Gasteiger partial charge is 0.312 e. The number of benzene rings is 1. The van der Waals surface area contributed by atoms with Crippen molar-refractivity contribution >= 4 is 6.03 Å². The van der Waals surface area contributed by atoms with Gasteiger partial charge in [-0.15, -0.1) is 0 Å². The van der Waals surface area contributed by atoms with Gasteiger partial charge in [0.05, 0.1) is 0 Å². The quantitative estimate of drug-likeness (QED) is 0.637. The Balaban J connectivity index is 2.45. The summed E-state index contributed by atoms with van der Waals surface area (Å²) in [5, 5.41) is 2.47. The third kappa shape index (κ3) is 2.71. The lowest BCUT2D eigenvalue weighted by Gasteiger charge is -1.99. The van der Waals surface area contributed by atoms with E-state index in [1.54, 1.807) is 6.07 Å². The standard InChI is InChI=1S/C8H9N2O/c9-8(11)10-6-7-4-2-1-3-5-7/h1-4H,6H2,(H3,9,10,11). The van der Waals surface area contributed by atoms with Crippen molar-refractivity contribution in [1.82, 2.24) is 5.32 Å². The highest BCUT2D eigenvalue weighted by atomic mass is 16.2. The number of amides is 2. The van der Waals surface area contributed by atoms with Gasteiger partial charge in [0, 0.05) is 6.54 Å². The number of rotatable bonds is 2. The van der Waals surface area contributed by atoms with Gasteiger partial charge in [0.15, 0.2) is 0 Å². The minimum absolute atomic E-state index is 0.441. The Bertz CT molecular complexity index is 233. The maximum absolute atomic E-state index is 10.3. The molecule has 1 rings (SSSR count). The summed E-state index contributed by atoms with van der Waals surface area (Å²) < 4.78 is 0.